The second kappa shape index (κ2) is 6.08. The minimum atomic E-state index is -3.78. The summed E-state index contributed by atoms with van der Waals surface area (Å²) in [6, 6.07) is 2.68. The van der Waals surface area contributed by atoms with Crippen LogP contribution in [-0.2, 0) is 14.8 Å². The lowest BCUT2D eigenvalue weighted by molar-refractivity contribution is 0.0492. The van der Waals surface area contributed by atoms with Crippen molar-refractivity contribution in [3.05, 3.63) is 27.9 Å². The summed E-state index contributed by atoms with van der Waals surface area (Å²) in [5, 5.41) is 0.112. The van der Waals surface area contributed by atoms with Crippen molar-refractivity contribution in [1.29, 1.82) is 0 Å². The zero-order chi connectivity index (χ0) is 16.7. The topological polar surface area (TPSA) is 76.8 Å². The summed E-state index contributed by atoms with van der Waals surface area (Å²) >= 11 is 12.1. The quantitative estimate of drug-likeness (QED) is 0.777. The molecule has 0 unspecified atom stereocenters. The monoisotopic (exact) mass is 365 g/mol. The lowest BCUT2D eigenvalue weighted by Gasteiger charge is -2.13. The van der Waals surface area contributed by atoms with E-state index in [9.17, 15) is 13.2 Å². The molecule has 0 aliphatic carbocycles. The highest BCUT2D eigenvalue weighted by atomic mass is 35.5. The largest absolute Gasteiger partial charge is 0.460 e. The number of sulfonamides is 1. The van der Waals surface area contributed by atoms with Gasteiger partial charge in [-0.05, 0) is 19.1 Å². The van der Waals surface area contributed by atoms with Gasteiger partial charge in [-0.1, -0.05) is 23.2 Å². The molecule has 120 valence electrons. The first kappa shape index (κ1) is 17.1. The molecule has 2 rings (SSSR count). The summed E-state index contributed by atoms with van der Waals surface area (Å²) in [6.45, 7) is 1.84. The van der Waals surface area contributed by atoms with E-state index < -0.39 is 16.0 Å². The number of ether oxygens (including phenoxy) is 1. The molecule has 0 bridgehead atoms. The van der Waals surface area contributed by atoms with Crippen LogP contribution >= 0.6 is 23.2 Å². The molecule has 0 N–H and O–H groups in total. The van der Waals surface area contributed by atoms with Gasteiger partial charge < -0.3 is 9.15 Å². The molecule has 2 aromatic rings. The Morgan fingerprint density at radius 2 is 1.91 bits per heavy atom. The van der Waals surface area contributed by atoms with E-state index in [0.717, 1.165) is 4.31 Å². The maximum atomic E-state index is 12.3. The highest BCUT2D eigenvalue weighted by molar-refractivity contribution is 7.89. The van der Waals surface area contributed by atoms with E-state index in [-0.39, 0.29) is 32.9 Å². The Morgan fingerprint density at radius 1 is 1.27 bits per heavy atom. The standard InChI is InChI=1S/C13H13Cl2NO5S/c1-4-20-13(17)8-5-7-6-9(22(18,19)16(2)3)10(14)11(15)12(7)21-8/h5-6H,4H2,1-3H3. The average molecular weight is 366 g/mol. The minimum absolute atomic E-state index is 0.0739. The first-order chi connectivity index (χ1) is 10.2. The van der Waals surface area contributed by atoms with Crippen molar-refractivity contribution < 1.29 is 22.4 Å². The molecule has 0 fully saturated rings. The average Bonchev–Trinajstić information content (AvgIpc) is 2.87. The molecule has 9 heteroatoms. The van der Waals surface area contributed by atoms with Crippen LogP contribution in [0.3, 0.4) is 0 Å². The molecule has 0 aliphatic heterocycles. The minimum Gasteiger partial charge on any atom is -0.460 e. The molecule has 0 amide bonds. The third-order valence-electron chi connectivity index (χ3n) is 2.89. The van der Waals surface area contributed by atoms with Crippen molar-refractivity contribution in [2.24, 2.45) is 0 Å². The van der Waals surface area contributed by atoms with E-state index in [1.165, 1.54) is 26.2 Å². The van der Waals surface area contributed by atoms with Gasteiger partial charge in [0.05, 0.1) is 11.6 Å². The van der Waals surface area contributed by atoms with Gasteiger partial charge in [0, 0.05) is 19.5 Å². The van der Waals surface area contributed by atoms with Crippen LogP contribution in [0.25, 0.3) is 11.0 Å². The van der Waals surface area contributed by atoms with Gasteiger partial charge >= 0.3 is 5.97 Å². The Balaban J connectivity index is 2.70. The van der Waals surface area contributed by atoms with Gasteiger partial charge in [0.1, 0.15) is 9.92 Å². The second-order valence-electron chi connectivity index (χ2n) is 4.54. The number of furan rings is 1. The van der Waals surface area contributed by atoms with Gasteiger partial charge in [0.2, 0.25) is 15.8 Å². The number of hydrogen-bond donors (Lipinski definition) is 0. The molecule has 0 saturated carbocycles. The summed E-state index contributed by atoms with van der Waals surface area (Å²) in [5.74, 6) is -0.739. The summed E-state index contributed by atoms with van der Waals surface area (Å²) in [6.07, 6.45) is 0. The van der Waals surface area contributed by atoms with Gasteiger partial charge in [-0.15, -0.1) is 0 Å². The molecule has 6 nitrogen and oxygen atoms in total. The van der Waals surface area contributed by atoms with Gasteiger partial charge in [-0.3, -0.25) is 0 Å². The fourth-order valence-electron chi connectivity index (χ4n) is 1.78. The van der Waals surface area contributed by atoms with Gasteiger partial charge in [-0.25, -0.2) is 17.5 Å². The predicted octanol–water partition coefficient (Wildman–Crippen LogP) is 3.17. The third-order valence-corrected chi connectivity index (χ3v) is 5.69. The highest BCUT2D eigenvalue weighted by Crippen LogP contribution is 2.38. The van der Waals surface area contributed by atoms with Crippen molar-refractivity contribution in [3.63, 3.8) is 0 Å². The summed E-state index contributed by atoms with van der Waals surface area (Å²) in [4.78, 5) is 11.5. The van der Waals surface area contributed by atoms with Crippen molar-refractivity contribution in [3.8, 4) is 0 Å². The van der Waals surface area contributed by atoms with Crippen molar-refractivity contribution in [2.75, 3.05) is 20.7 Å². The molecule has 0 aliphatic rings. The molecule has 0 spiro atoms. The van der Waals surface area contributed by atoms with Crippen molar-refractivity contribution >= 4 is 50.2 Å². The van der Waals surface area contributed by atoms with E-state index >= 15 is 0 Å². The normalized spacial score (nSPS) is 12.1. The Morgan fingerprint density at radius 3 is 2.45 bits per heavy atom. The molecule has 1 aromatic heterocycles. The SMILES string of the molecule is CCOC(=O)c1cc2cc(S(=O)(=O)N(C)C)c(Cl)c(Cl)c2o1. The maximum Gasteiger partial charge on any atom is 0.374 e. The number of fused-ring (bicyclic) bond motifs is 1. The van der Waals surface area contributed by atoms with Crippen molar-refractivity contribution in [1.82, 2.24) is 4.31 Å². The van der Waals surface area contributed by atoms with Crippen LogP contribution in [0.2, 0.25) is 10.0 Å². The summed E-state index contributed by atoms with van der Waals surface area (Å²) < 4.78 is 35.7. The second-order valence-corrected chi connectivity index (χ2v) is 7.42. The molecular formula is C13H13Cl2NO5S. The Labute approximate surface area is 137 Å². The zero-order valence-corrected chi connectivity index (χ0v) is 14.3. The van der Waals surface area contributed by atoms with E-state index in [4.69, 9.17) is 32.4 Å². The van der Waals surface area contributed by atoms with Crippen LogP contribution in [-0.4, -0.2) is 39.4 Å². The van der Waals surface area contributed by atoms with E-state index in [2.05, 4.69) is 0 Å². The smallest absolute Gasteiger partial charge is 0.374 e. The molecule has 1 aromatic carbocycles. The molecule has 0 atom stereocenters. The molecule has 0 radical (unpaired) electrons. The Bertz CT molecular complexity index is 842. The van der Waals surface area contributed by atoms with Crippen LogP contribution in [0.15, 0.2) is 21.4 Å². The number of esters is 1. The number of nitrogens with zero attached hydrogens (tertiary/aromatic N) is 1. The zero-order valence-electron chi connectivity index (χ0n) is 12.0. The number of rotatable bonds is 4. The Kier molecular flexibility index (Phi) is 4.72. The van der Waals surface area contributed by atoms with Crippen LogP contribution in [0, 0.1) is 0 Å². The van der Waals surface area contributed by atoms with E-state index in [1.807, 2.05) is 0 Å². The van der Waals surface area contributed by atoms with Gasteiger partial charge in [-0.2, -0.15) is 0 Å². The van der Waals surface area contributed by atoms with Crippen LogP contribution in [0.5, 0.6) is 0 Å². The Hall–Kier alpha value is -1.28. The van der Waals surface area contributed by atoms with Crippen LogP contribution in [0.1, 0.15) is 17.5 Å². The van der Waals surface area contributed by atoms with Gasteiger partial charge in [0.15, 0.2) is 5.58 Å². The molecule has 1 heterocycles. The van der Waals surface area contributed by atoms with Crippen LogP contribution in [0.4, 0.5) is 0 Å². The summed E-state index contributed by atoms with van der Waals surface area (Å²) in [7, 11) is -1.03. The van der Waals surface area contributed by atoms with E-state index in [1.54, 1.807) is 6.92 Å². The lowest BCUT2D eigenvalue weighted by Crippen LogP contribution is -2.22. The first-order valence-electron chi connectivity index (χ1n) is 6.21. The first-order valence-corrected chi connectivity index (χ1v) is 8.41. The lowest BCUT2D eigenvalue weighted by atomic mass is 10.2. The summed E-state index contributed by atoms with van der Waals surface area (Å²) in [5.41, 5.74) is 0.132. The maximum absolute atomic E-state index is 12.3. The van der Waals surface area contributed by atoms with E-state index in [0.29, 0.717) is 5.39 Å². The third kappa shape index (κ3) is 2.81. The number of carbonyl (C=O) groups is 1. The van der Waals surface area contributed by atoms with Gasteiger partial charge in [0.25, 0.3) is 0 Å². The number of hydrogen-bond acceptors (Lipinski definition) is 5. The number of benzene rings is 1. The fourth-order valence-corrected chi connectivity index (χ4v) is 3.52. The highest BCUT2D eigenvalue weighted by Gasteiger charge is 2.26. The molecule has 22 heavy (non-hydrogen) atoms. The number of halogens is 2. The molecular weight excluding hydrogens is 353 g/mol. The number of carbonyl (C=O) groups excluding carboxylic acids is 1. The van der Waals surface area contributed by atoms with Crippen LogP contribution < -0.4 is 0 Å². The predicted molar refractivity (Wildman–Crippen MR) is 83.1 cm³/mol. The molecule has 0 saturated heterocycles. The van der Waals surface area contributed by atoms with Crippen molar-refractivity contribution in [2.45, 2.75) is 11.8 Å². The fraction of sp³-hybridized carbons (Fsp3) is 0.308.